The zero-order valence-corrected chi connectivity index (χ0v) is 13.2. The average Bonchev–Trinajstić information content (AvgIpc) is 2.79. The summed E-state index contributed by atoms with van der Waals surface area (Å²) in [6.07, 6.45) is 1.87. The Hall–Kier alpha value is -1.82. The fraction of sp³-hybridized carbons (Fsp3) is 0.438. The lowest BCUT2D eigenvalue weighted by molar-refractivity contribution is -0.125. The minimum absolute atomic E-state index is 0.145. The van der Waals surface area contributed by atoms with Gasteiger partial charge in [-0.1, -0.05) is 12.1 Å². The molecule has 5 nitrogen and oxygen atoms in total. The number of carbonyl (C=O) groups is 3. The van der Waals surface area contributed by atoms with Crippen molar-refractivity contribution in [1.82, 2.24) is 10.2 Å². The fourth-order valence-corrected chi connectivity index (χ4v) is 3.95. The number of thioether (sulfide) groups is 1. The molecule has 2 aliphatic rings. The predicted octanol–water partition coefficient (Wildman–Crippen LogP) is 1.68. The standard InChI is InChI=1S/C16H18N2O3S/c1-10(14(19)17-11-6-8-22-9-7-11)18-15(20)12-4-2-3-5-13(12)16(18)21/h2-5,10-11H,6-9H2,1H3,(H,17,19). The number of hydrogen-bond donors (Lipinski definition) is 1. The van der Waals surface area contributed by atoms with Crippen molar-refractivity contribution in [2.24, 2.45) is 0 Å². The molecule has 1 fully saturated rings. The normalized spacial score (nSPS) is 20.0. The first-order chi connectivity index (χ1) is 10.6. The minimum atomic E-state index is -0.790. The third-order valence-corrected chi connectivity index (χ3v) is 5.21. The summed E-state index contributed by atoms with van der Waals surface area (Å²) in [7, 11) is 0. The minimum Gasteiger partial charge on any atom is -0.352 e. The Morgan fingerprint density at radius 3 is 2.27 bits per heavy atom. The molecule has 1 aromatic carbocycles. The van der Waals surface area contributed by atoms with Crippen molar-refractivity contribution >= 4 is 29.5 Å². The molecule has 6 heteroatoms. The summed E-state index contributed by atoms with van der Waals surface area (Å²) < 4.78 is 0. The zero-order chi connectivity index (χ0) is 15.7. The van der Waals surface area contributed by atoms with Gasteiger partial charge in [0.05, 0.1) is 11.1 Å². The Balaban J connectivity index is 1.72. The van der Waals surface area contributed by atoms with Crippen LogP contribution >= 0.6 is 11.8 Å². The lowest BCUT2D eigenvalue weighted by Gasteiger charge is -2.27. The molecule has 3 rings (SSSR count). The Morgan fingerprint density at radius 1 is 1.18 bits per heavy atom. The van der Waals surface area contributed by atoms with E-state index in [0.29, 0.717) is 11.1 Å². The highest BCUT2D eigenvalue weighted by molar-refractivity contribution is 7.99. The summed E-state index contributed by atoms with van der Waals surface area (Å²) >= 11 is 1.88. The molecule has 0 saturated carbocycles. The van der Waals surface area contributed by atoms with E-state index in [1.807, 2.05) is 11.8 Å². The van der Waals surface area contributed by atoms with Crippen molar-refractivity contribution in [3.63, 3.8) is 0 Å². The second-order valence-corrected chi connectivity index (χ2v) is 6.82. The van der Waals surface area contributed by atoms with E-state index < -0.39 is 6.04 Å². The third-order valence-electron chi connectivity index (χ3n) is 4.16. The van der Waals surface area contributed by atoms with Gasteiger partial charge < -0.3 is 5.32 Å². The highest BCUT2D eigenvalue weighted by Crippen LogP contribution is 2.25. The number of imide groups is 1. The van der Waals surface area contributed by atoms with Crippen molar-refractivity contribution in [3.05, 3.63) is 35.4 Å². The number of carbonyl (C=O) groups excluding carboxylic acids is 3. The number of nitrogens with one attached hydrogen (secondary N) is 1. The highest BCUT2D eigenvalue weighted by atomic mass is 32.2. The van der Waals surface area contributed by atoms with Crippen LogP contribution < -0.4 is 5.32 Å². The van der Waals surface area contributed by atoms with E-state index in [2.05, 4.69) is 5.32 Å². The van der Waals surface area contributed by atoms with Crippen LogP contribution in [0.4, 0.5) is 0 Å². The summed E-state index contributed by atoms with van der Waals surface area (Å²) in [6.45, 7) is 1.61. The van der Waals surface area contributed by atoms with Crippen molar-refractivity contribution in [2.45, 2.75) is 31.8 Å². The largest absolute Gasteiger partial charge is 0.352 e. The first-order valence-electron chi connectivity index (χ1n) is 7.44. The molecule has 0 bridgehead atoms. The van der Waals surface area contributed by atoms with Crippen LogP contribution in [-0.4, -0.2) is 46.2 Å². The van der Waals surface area contributed by atoms with Gasteiger partial charge in [-0.2, -0.15) is 11.8 Å². The predicted molar refractivity (Wildman–Crippen MR) is 84.9 cm³/mol. The van der Waals surface area contributed by atoms with Crippen LogP contribution in [0.1, 0.15) is 40.5 Å². The van der Waals surface area contributed by atoms with Gasteiger partial charge in [-0.05, 0) is 43.4 Å². The topological polar surface area (TPSA) is 66.5 Å². The van der Waals surface area contributed by atoms with Crippen LogP contribution in [0, 0.1) is 0 Å². The van der Waals surface area contributed by atoms with Gasteiger partial charge in [0.1, 0.15) is 6.04 Å². The summed E-state index contributed by atoms with van der Waals surface area (Å²) in [5.74, 6) is 1.04. The molecule has 116 valence electrons. The van der Waals surface area contributed by atoms with Crippen LogP contribution in [0.3, 0.4) is 0 Å². The molecule has 0 spiro atoms. The van der Waals surface area contributed by atoms with Gasteiger partial charge in [-0.15, -0.1) is 0 Å². The number of nitrogens with zero attached hydrogens (tertiary/aromatic N) is 1. The number of hydrogen-bond acceptors (Lipinski definition) is 4. The quantitative estimate of drug-likeness (QED) is 0.861. The van der Waals surface area contributed by atoms with E-state index in [4.69, 9.17) is 0 Å². The maximum Gasteiger partial charge on any atom is 0.262 e. The fourth-order valence-electron chi connectivity index (χ4n) is 2.84. The van der Waals surface area contributed by atoms with Gasteiger partial charge in [-0.25, -0.2) is 0 Å². The molecule has 1 N–H and O–H groups in total. The summed E-state index contributed by atoms with van der Waals surface area (Å²) in [4.78, 5) is 38.2. The molecule has 0 radical (unpaired) electrons. The Bertz CT molecular complexity index is 591. The smallest absolute Gasteiger partial charge is 0.262 e. The van der Waals surface area contributed by atoms with E-state index in [0.717, 1.165) is 29.2 Å². The molecule has 1 atom stereocenters. The van der Waals surface area contributed by atoms with E-state index in [1.165, 1.54) is 0 Å². The monoisotopic (exact) mass is 318 g/mol. The molecular formula is C16H18N2O3S. The highest BCUT2D eigenvalue weighted by Gasteiger charge is 2.40. The molecule has 2 aliphatic heterocycles. The summed E-state index contributed by atoms with van der Waals surface area (Å²) in [5.41, 5.74) is 0.752. The number of amides is 3. The van der Waals surface area contributed by atoms with Crippen molar-refractivity contribution < 1.29 is 14.4 Å². The molecule has 1 aromatic rings. The van der Waals surface area contributed by atoms with Gasteiger partial charge in [-0.3, -0.25) is 19.3 Å². The molecule has 1 saturated heterocycles. The van der Waals surface area contributed by atoms with Gasteiger partial charge in [0, 0.05) is 6.04 Å². The maximum atomic E-state index is 12.4. The molecule has 0 aliphatic carbocycles. The summed E-state index contributed by atoms with van der Waals surface area (Å²) in [5, 5.41) is 2.97. The van der Waals surface area contributed by atoms with Crippen LogP contribution in [0.5, 0.6) is 0 Å². The van der Waals surface area contributed by atoms with Crippen molar-refractivity contribution in [3.8, 4) is 0 Å². The molecule has 1 unspecified atom stereocenters. The van der Waals surface area contributed by atoms with Crippen LogP contribution in [-0.2, 0) is 4.79 Å². The lowest BCUT2D eigenvalue weighted by Crippen LogP contribution is -2.50. The number of rotatable bonds is 3. The van der Waals surface area contributed by atoms with Gasteiger partial charge in [0.2, 0.25) is 5.91 Å². The second-order valence-electron chi connectivity index (χ2n) is 5.60. The maximum absolute atomic E-state index is 12.4. The van der Waals surface area contributed by atoms with Crippen molar-refractivity contribution in [1.29, 1.82) is 0 Å². The van der Waals surface area contributed by atoms with Gasteiger partial charge >= 0.3 is 0 Å². The first-order valence-corrected chi connectivity index (χ1v) is 8.60. The Morgan fingerprint density at radius 2 is 1.73 bits per heavy atom. The molecule has 0 aromatic heterocycles. The molecule has 2 heterocycles. The van der Waals surface area contributed by atoms with Gasteiger partial charge in [0.25, 0.3) is 11.8 Å². The molecule has 22 heavy (non-hydrogen) atoms. The van der Waals surface area contributed by atoms with Crippen molar-refractivity contribution in [2.75, 3.05) is 11.5 Å². The van der Waals surface area contributed by atoms with Crippen LogP contribution in [0.15, 0.2) is 24.3 Å². The molecular weight excluding hydrogens is 300 g/mol. The van der Waals surface area contributed by atoms with E-state index in [9.17, 15) is 14.4 Å². The average molecular weight is 318 g/mol. The van der Waals surface area contributed by atoms with Crippen LogP contribution in [0.2, 0.25) is 0 Å². The summed E-state index contributed by atoms with van der Waals surface area (Å²) in [6, 6.07) is 6.04. The lowest BCUT2D eigenvalue weighted by atomic mass is 10.1. The number of fused-ring (bicyclic) bond motifs is 1. The second kappa shape index (κ2) is 6.12. The van der Waals surface area contributed by atoms with E-state index in [-0.39, 0.29) is 23.8 Å². The van der Waals surface area contributed by atoms with E-state index >= 15 is 0 Å². The number of benzene rings is 1. The Labute approximate surface area is 133 Å². The first kappa shape index (κ1) is 15.1. The Kier molecular flexibility index (Phi) is 4.20. The van der Waals surface area contributed by atoms with Crippen LogP contribution in [0.25, 0.3) is 0 Å². The third kappa shape index (κ3) is 2.63. The van der Waals surface area contributed by atoms with Gasteiger partial charge in [0.15, 0.2) is 0 Å². The SMILES string of the molecule is CC(C(=O)NC1CCSCC1)N1C(=O)c2ccccc2C1=O. The zero-order valence-electron chi connectivity index (χ0n) is 12.4. The van der Waals surface area contributed by atoms with E-state index in [1.54, 1.807) is 31.2 Å². The molecule has 3 amide bonds.